The molecule has 102 valence electrons. The van der Waals surface area contributed by atoms with Gasteiger partial charge in [0.15, 0.2) is 4.67 Å². The van der Waals surface area contributed by atoms with Gasteiger partial charge in [0.1, 0.15) is 0 Å². The number of benzene rings is 1. The summed E-state index contributed by atoms with van der Waals surface area (Å²) in [5.74, 6) is 0. The third-order valence-corrected chi connectivity index (χ3v) is 3.47. The molecule has 1 aromatic heterocycles. The van der Waals surface area contributed by atoms with Crippen LogP contribution in [0.3, 0.4) is 0 Å². The van der Waals surface area contributed by atoms with Crippen molar-refractivity contribution in [3.63, 3.8) is 0 Å². The molecular formula is C13H11BrF3NO. The van der Waals surface area contributed by atoms with Crippen LogP contribution < -0.4 is 5.32 Å². The molecule has 2 aromatic rings. The molecule has 0 amide bonds. The van der Waals surface area contributed by atoms with Gasteiger partial charge < -0.3 is 9.73 Å². The number of hydrogen-bond donors (Lipinski definition) is 1. The average molecular weight is 334 g/mol. The summed E-state index contributed by atoms with van der Waals surface area (Å²) in [6, 6.07) is 6.55. The Morgan fingerprint density at radius 2 is 1.84 bits per heavy atom. The van der Waals surface area contributed by atoms with Gasteiger partial charge >= 0.3 is 6.18 Å². The van der Waals surface area contributed by atoms with Crippen LogP contribution >= 0.6 is 15.9 Å². The quantitative estimate of drug-likeness (QED) is 0.902. The summed E-state index contributed by atoms with van der Waals surface area (Å²) < 4.78 is 44.6. The zero-order valence-electron chi connectivity index (χ0n) is 9.96. The highest BCUT2D eigenvalue weighted by atomic mass is 79.9. The summed E-state index contributed by atoms with van der Waals surface area (Å²) in [7, 11) is 1.61. The molecule has 0 aliphatic heterocycles. The van der Waals surface area contributed by atoms with Crippen molar-refractivity contribution in [2.45, 2.75) is 12.2 Å². The Hall–Kier alpha value is -1.27. The van der Waals surface area contributed by atoms with Crippen molar-refractivity contribution in [1.29, 1.82) is 0 Å². The Balaban J connectivity index is 2.54. The summed E-state index contributed by atoms with van der Waals surface area (Å²) in [6.07, 6.45) is -2.96. The first-order valence-corrected chi connectivity index (χ1v) is 6.30. The van der Waals surface area contributed by atoms with Crippen LogP contribution in [0.15, 0.2) is 45.7 Å². The van der Waals surface area contributed by atoms with Crippen molar-refractivity contribution in [2.24, 2.45) is 0 Å². The van der Waals surface area contributed by atoms with E-state index in [-0.39, 0.29) is 5.56 Å². The largest absolute Gasteiger partial charge is 0.457 e. The number of alkyl halides is 3. The molecule has 1 unspecified atom stereocenters. The molecule has 6 heteroatoms. The van der Waals surface area contributed by atoms with E-state index in [1.54, 1.807) is 19.2 Å². The molecule has 1 heterocycles. The normalized spacial score (nSPS) is 13.5. The van der Waals surface area contributed by atoms with Crippen LogP contribution in [0, 0.1) is 0 Å². The first-order chi connectivity index (χ1) is 8.95. The number of rotatable bonds is 3. The zero-order valence-corrected chi connectivity index (χ0v) is 11.5. The Morgan fingerprint density at radius 3 is 2.37 bits per heavy atom. The van der Waals surface area contributed by atoms with E-state index in [1.165, 1.54) is 18.4 Å². The highest BCUT2D eigenvalue weighted by molar-refractivity contribution is 9.10. The third kappa shape index (κ3) is 2.84. The monoisotopic (exact) mass is 333 g/mol. The Kier molecular flexibility index (Phi) is 4.01. The van der Waals surface area contributed by atoms with Gasteiger partial charge in [-0.1, -0.05) is 18.2 Å². The highest BCUT2D eigenvalue weighted by Crippen LogP contribution is 2.38. The lowest BCUT2D eigenvalue weighted by atomic mass is 9.96. The van der Waals surface area contributed by atoms with E-state index in [0.717, 1.165) is 6.07 Å². The van der Waals surface area contributed by atoms with Gasteiger partial charge in [0, 0.05) is 5.56 Å². The standard InChI is InChI=1S/C13H11BrF3NO/c1-18-11(9-6-7-19-12(9)14)8-4-2-3-5-10(8)13(15,16)17/h2-7,11,18H,1H3. The summed E-state index contributed by atoms with van der Waals surface area (Å²) in [6.45, 7) is 0. The first-order valence-electron chi connectivity index (χ1n) is 5.51. The fourth-order valence-electron chi connectivity index (χ4n) is 2.00. The summed E-state index contributed by atoms with van der Waals surface area (Å²) in [5.41, 5.74) is 0.140. The van der Waals surface area contributed by atoms with Crippen LogP contribution in [0.1, 0.15) is 22.7 Å². The molecule has 0 saturated carbocycles. The van der Waals surface area contributed by atoms with Gasteiger partial charge in [-0.05, 0) is 40.7 Å². The molecular weight excluding hydrogens is 323 g/mol. The van der Waals surface area contributed by atoms with Crippen molar-refractivity contribution >= 4 is 15.9 Å². The Morgan fingerprint density at radius 1 is 1.16 bits per heavy atom. The summed E-state index contributed by atoms with van der Waals surface area (Å²) in [4.78, 5) is 0. The lowest BCUT2D eigenvalue weighted by Gasteiger charge is -2.20. The van der Waals surface area contributed by atoms with Crippen LogP contribution in [0.4, 0.5) is 13.2 Å². The fraction of sp³-hybridized carbons (Fsp3) is 0.231. The molecule has 0 fully saturated rings. The van der Waals surface area contributed by atoms with Crippen LogP contribution in [-0.4, -0.2) is 7.05 Å². The molecule has 19 heavy (non-hydrogen) atoms. The predicted octanol–water partition coefficient (Wildman–Crippen LogP) is 4.37. The van der Waals surface area contributed by atoms with Gasteiger partial charge in [-0.15, -0.1) is 0 Å². The minimum Gasteiger partial charge on any atom is -0.457 e. The molecule has 0 bridgehead atoms. The van der Waals surface area contributed by atoms with Gasteiger partial charge in [0.2, 0.25) is 0 Å². The van der Waals surface area contributed by atoms with Crippen molar-refractivity contribution in [1.82, 2.24) is 5.32 Å². The molecule has 1 N–H and O–H groups in total. The minimum atomic E-state index is -4.39. The smallest absolute Gasteiger partial charge is 0.416 e. The maximum Gasteiger partial charge on any atom is 0.416 e. The Labute approximate surface area is 116 Å². The minimum absolute atomic E-state index is 0.166. The second kappa shape index (κ2) is 5.38. The highest BCUT2D eigenvalue weighted by Gasteiger charge is 2.35. The Bertz CT molecular complexity index is 565. The van der Waals surface area contributed by atoms with Crippen LogP contribution in [-0.2, 0) is 6.18 Å². The third-order valence-electron chi connectivity index (χ3n) is 2.82. The van der Waals surface area contributed by atoms with E-state index >= 15 is 0 Å². The summed E-state index contributed by atoms with van der Waals surface area (Å²) >= 11 is 3.19. The zero-order chi connectivity index (χ0) is 14.0. The topological polar surface area (TPSA) is 25.2 Å². The first kappa shape index (κ1) is 14.1. The molecule has 2 rings (SSSR count). The average Bonchev–Trinajstić information content (AvgIpc) is 2.76. The molecule has 0 saturated heterocycles. The van der Waals surface area contributed by atoms with Crippen molar-refractivity contribution < 1.29 is 17.6 Å². The van der Waals surface area contributed by atoms with Gasteiger partial charge in [-0.25, -0.2) is 0 Å². The van der Waals surface area contributed by atoms with Gasteiger partial charge in [0.25, 0.3) is 0 Å². The maximum absolute atomic E-state index is 13.0. The van der Waals surface area contributed by atoms with E-state index in [9.17, 15) is 13.2 Å². The maximum atomic E-state index is 13.0. The van der Waals surface area contributed by atoms with Crippen LogP contribution in [0.5, 0.6) is 0 Å². The van der Waals surface area contributed by atoms with Crippen molar-refractivity contribution in [3.8, 4) is 0 Å². The molecule has 0 aliphatic rings. The van der Waals surface area contributed by atoms with Crippen molar-refractivity contribution in [2.75, 3.05) is 7.05 Å². The van der Waals surface area contributed by atoms with Gasteiger partial charge in [-0.3, -0.25) is 0 Å². The van der Waals surface area contributed by atoms with E-state index in [1.807, 2.05) is 0 Å². The lowest BCUT2D eigenvalue weighted by Crippen LogP contribution is -2.21. The molecule has 2 nitrogen and oxygen atoms in total. The van der Waals surface area contributed by atoms with Gasteiger partial charge in [0.05, 0.1) is 17.9 Å². The van der Waals surface area contributed by atoms with Crippen LogP contribution in [0.25, 0.3) is 0 Å². The SMILES string of the molecule is CNC(c1ccccc1C(F)(F)F)c1ccoc1Br. The second-order valence-corrected chi connectivity index (χ2v) is 4.68. The second-order valence-electron chi connectivity index (χ2n) is 3.96. The number of hydrogen-bond acceptors (Lipinski definition) is 2. The van der Waals surface area contributed by atoms with E-state index in [2.05, 4.69) is 21.2 Å². The number of halogens is 4. The number of nitrogens with one attached hydrogen (secondary N) is 1. The predicted molar refractivity (Wildman–Crippen MR) is 68.8 cm³/mol. The number of furan rings is 1. The molecule has 0 radical (unpaired) electrons. The fourth-order valence-corrected chi connectivity index (χ4v) is 2.46. The van der Waals surface area contributed by atoms with Crippen molar-refractivity contribution in [3.05, 3.63) is 58.0 Å². The summed E-state index contributed by atoms with van der Waals surface area (Å²) in [5, 5.41) is 2.88. The molecule has 1 aromatic carbocycles. The van der Waals surface area contributed by atoms with E-state index in [0.29, 0.717) is 10.2 Å². The molecule has 1 atom stereocenters. The van der Waals surface area contributed by atoms with E-state index < -0.39 is 17.8 Å². The lowest BCUT2D eigenvalue weighted by molar-refractivity contribution is -0.138. The van der Waals surface area contributed by atoms with Crippen LogP contribution in [0.2, 0.25) is 0 Å². The molecule has 0 spiro atoms. The molecule has 0 aliphatic carbocycles. The van der Waals surface area contributed by atoms with E-state index in [4.69, 9.17) is 4.42 Å². The van der Waals surface area contributed by atoms with Gasteiger partial charge in [-0.2, -0.15) is 13.2 Å².